The topological polar surface area (TPSA) is 61.4 Å². The number of nitrogens with one attached hydrogen (secondary N) is 2. The number of likely N-dealkylation sites (tertiary alicyclic amines) is 1. The normalized spacial score (nSPS) is 16.8. The van der Waals surface area contributed by atoms with Gasteiger partial charge in [0.05, 0.1) is 5.92 Å². The Balaban J connectivity index is 1.58. The van der Waals surface area contributed by atoms with Crippen molar-refractivity contribution in [1.82, 2.24) is 4.90 Å². The van der Waals surface area contributed by atoms with Crippen molar-refractivity contribution in [1.29, 1.82) is 0 Å². The van der Waals surface area contributed by atoms with Crippen molar-refractivity contribution in [2.24, 2.45) is 5.92 Å². The first-order valence-electron chi connectivity index (χ1n) is 8.71. The number of hydrogen-bond acceptors (Lipinski definition) is 3. The number of thioether (sulfide) groups is 1. The van der Waals surface area contributed by atoms with E-state index in [1.807, 2.05) is 60.9 Å². The highest BCUT2D eigenvalue weighted by Crippen LogP contribution is 2.22. The summed E-state index contributed by atoms with van der Waals surface area (Å²) in [5.41, 5.74) is 1.56. The van der Waals surface area contributed by atoms with Gasteiger partial charge >= 0.3 is 6.03 Å². The number of urea groups is 1. The van der Waals surface area contributed by atoms with E-state index in [4.69, 9.17) is 0 Å². The van der Waals surface area contributed by atoms with Crippen LogP contribution in [-0.2, 0) is 4.79 Å². The monoisotopic (exact) mass is 369 g/mol. The maximum absolute atomic E-state index is 12.6. The molecule has 0 aromatic heterocycles. The summed E-state index contributed by atoms with van der Waals surface area (Å²) >= 11 is 1.64. The van der Waals surface area contributed by atoms with Crippen molar-refractivity contribution in [2.45, 2.75) is 17.7 Å². The second-order valence-electron chi connectivity index (χ2n) is 6.30. The maximum atomic E-state index is 12.6. The highest BCUT2D eigenvalue weighted by Gasteiger charge is 2.28. The molecule has 2 aromatic carbocycles. The van der Waals surface area contributed by atoms with Gasteiger partial charge < -0.3 is 15.5 Å². The van der Waals surface area contributed by atoms with E-state index in [9.17, 15) is 9.59 Å². The zero-order chi connectivity index (χ0) is 18.4. The molecule has 1 aliphatic heterocycles. The smallest absolute Gasteiger partial charge is 0.321 e. The van der Waals surface area contributed by atoms with E-state index in [2.05, 4.69) is 10.6 Å². The molecule has 0 unspecified atom stereocenters. The van der Waals surface area contributed by atoms with E-state index >= 15 is 0 Å². The number of anilines is 2. The van der Waals surface area contributed by atoms with E-state index in [0.717, 1.165) is 29.1 Å². The number of para-hydroxylation sites is 1. The molecule has 0 bridgehead atoms. The van der Waals surface area contributed by atoms with E-state index in [1.54, 1.807) is 16.7 Å². The van der Waals surface area contributed by atoms with E-state index in [-0.39, 0.29) is 17.9 Å². The van der Waals surface area contributed by atoms with Crippen molar-refractivity contribution in [3.63, 3.8) is 0 Å². The number of nitrogens with zero attached hydrogens (tertiary/aromatic N) is 1. The predicted molar refractivity (Wildman–Crippen MR) is 107 cm³/mol. The molecule has 1 aliphatic rings. The summed E-state index contributed by atoms with van der Waals surface area (Å²) in [6, 6.07) is 17.0. The lowest BCUT2D eigenvalue weighted by atomic mass is 9.97. The lowest BCUT2D eigenvalue weighted by molar-refractivity contribution is -0.121. The lowest BCUT2D eigenvalue weighted by Gasteiger charge is -2.32. The van der Waals surface area contributed by atoms with Crippen LogP contribution in [0.2, 0.25) is 0 Å². The highest BCUT2D eigenvalue weighted by atomic mass is 32.2. The third-order valence-electron chi connectivity index (χ3n) is 4.44. The van der Waals surface area contributed by atoms with Crippen LogP contribution in [0, 0.1) is 5.92 Å². The Hall–Kier alpha value is -2.47. The molecule has 2 aromatic rings. The number of piperidine rings is 1. The van der Waals surface area contributed by atoms with Gasteiger partial charge in [-0.2, -0.15) is 0 Å². The zero-order valence-electron chi connectivity index (χ0n) is 14.8. The van der Waals surface area contributed by atoms with Gasteiger partial charge in [-0.3, -0.25) is 4.79 Å². The molecule has 0 aliphatic carbocycles. The first-order chi connectivity index (χ1) is 12.7. The molecule has 0 spiro atoms. The largest absolute Gasteiger partial charge is 0.326 e. The van der Waals surface area contributed by atoms with Gasteiger partial charge in [-0.15, -0.1) is 11.8 Å². The summed E-state index contributed by atoms with van der Waals surface area (Å²) in [6.07, 6.45) is 3.62. The van der Waals surface area contributed by atoms with Crippen LogP contribution in [0.15, 0.2) is 59.5 Å². The fraction of sp³-hybridized carbons (Fsp3) is 0.300. The standard InChI is InChI=1S/C20H23N3O2S/c1-26-18-11-5-10-17(13-18)21-19(24)15-7-6-12-23(14-15)20(25)22-16-8-3-2-4-9-16/h2-5,8-11,13,15H,6-7,12,14H2,1H3,(H,21,24)(H,22,25)/t15-/m1/s1. The number of carbonyl (C=O) groups is 2. The molecule has 3 amide bonds. The first-order valence-corrected chi connectivity index (χ1v) is 9.94. The van der Waals surface area contributed by atoms with Crippen LogP contribution in [0.3, 0.4) is 0 Å². The van der Waals surface area contributed by atoms with Gasteiger partial charge in [-0.25, -0.2) is 4.79 Å². The Morgan fingerprint density at radius 1 is 1.04 bits per heavy atom. The third kappa shape index (κ3) is 4.79. The molecule has 1 heterocycles. The Bertz CT molecular complexity index is 767. The minimum Gasteiger partial charge on any atom is -0.326 e. The van der Waals surface area contributed by atoms with Gasteiger partial charge in [0.25, 0.3) is 0 Å². The molecule has 1 fully saturated rings. The summed E-state index contributed by atoms with van der Waals surface area (Å²) in [5.74, 6) is -0.219. The molecule has 0 radical (unpaired) electrons. The fourth-order valence-corrected chi connectivity index (χ4v) is 3.50. The molecule has 26 heavy (non-hydrogen) atoms. The number of benzene rings is 2. The summed E-state index contributed by atoms with van der Waals surface area (Å²) in [6.45, 7) is 1.11. The van der Waals surface area contributed by atoms with E-state index < -0.39 is 0 Å². The van der Waals surface area contributed by atoms with Crippen molar-refractivity contribution in [2.75, 3.05) is 30.0 Å². The van der Waals surface area contributed by atoms with Crippen molar-refractivity contribution in [3.05, 3.63) is 54.6 Å². The Kier molecular flexibility index (Phi) is 6.17. The number of rotatable bonds is 4. The minimum absolute atomic E-state index is 0.0273. The van der Waals surface area contributed by atoms with Gasteiger partial charge in [-0.1, -0.05) is 24.3 Å². The quantitative estimate of drug-likeness (QED) is 0.790. The summed E-state index contributed by atoms with van der Waals surface area (Å²) in [7, 11) is 0. The van der Waals surface area contributed by atoms with Crippen LogP contribution in [0.4, 0.5) is 16.2 Å². The van der Waals surface area contributed by atoms with Crippen molar-refractivity contribution >= 4 is 35.1 Å². The molecular weight excluding hydrogens is 346 g/mol. The van der Waals surface area contributed by atoms with Crippen LogP contribution >= 0.6 is 11.8 Å². The number of amides is 3. The molecule has 2 N–H and O–H groups in total. The predicted octanol–water partition coefficient (Wildman–Crippen LogP) is 4.29. The molecule has 5 nitrogen and oxygen atoms in total. The number of hydrogen-bond donors (Lipinski definition) is 2. The fourth-order valence-electron chi connectivity index (χ4n) is 3.04. The van der Waals surface area contributed by atoms with Gasteiger partial charge in [0.1, 0.15) is 0 Å². The van der Waals surface area contributed by atoms with Crippen LogP contribution in [0.1, 0.15) is 12.8 Å². The summed E-state index contributed by atoms with van der Waals surface area (Å²) in [5, 5.41) is 5.87. The van der Waals surface area contributed by atoms with Crippen LogP contribution < -0.4 is 10.6 Å². The molecule has 3 rings (SSSR count). The molecule has 6 heteroatoms. The minimum atomic E-state index is -0.191. The highest BCUT2D eigenvalue weighted by molar-refractivity contribution is 7.98. The Morgan fingerprint density at radius 2 is 1.81 bits per heavy atom. The Labute approximate surface area is 158 Å². The molecule has 1 saturated heterocycles. The molecular formula is C20H23N3O2S. The van der Waals surface area contributed by atoms with Gasteiger partial charge in [0, 0.05) is 29.4 Å². The second kappa shape index (κ2) is 8.76. The molecule has 0 saturated carbocycles. The zero-order valence-corrected chi connectivity index (χ0v) is 15.6. The van der Waals surface area contributed by atoms with Crippen molar-refractivity contribution < 1.29 is 9.59 Å². The van der Waals surface area contributed by atoms with Crippen LogP contribution in [-0.4, -0.2) is 36.2 Å². The van der Waals surface area contributed by atoms with Gasteiger partial charge in [0.2, 0.25) is 5.91 Å². The molecule has 136 valence electrons. The van der Waals surface area contributed by atoms with Crippen molar-refractivity contribution in [3.8, 4) is 0 Å². The lowest BCUT2D eigenvalue weighted by Crippen LogP contribution is -2.45. The third-order valence-corrected chi connectivity index (χ3v) is 5.17. The number of carbonyl (C=O) groups excluding carboxylic acids is 2. The van der Waals surface area contributed by atoms with Crippen LogP contribution in [0.5, 0.6) is 0 Å². The average Bonchev–Trinajstić information content (AvgIpc) is 2.69. The summed E-state index contributed by atoms with van der Waals surface area (Å²) < 4.78 is 0. The summed E-state index contributed by atoms with van der Waals surface area (Å²) in [4.78, 5) is 27.9. The first kappa shape index (κ1) is 18.3. The molecule has 1 atom stereocenters. The SMILES string of the molecule is CSc1cccc(NC(=O)[C@@H]2CCCN(C(=O)Nc3ccccc3)C2)c1. The second-order valence-corrected chi connectivity index (χ2v) is 7.18. The van der Waals surface area contributed by atoms with Gasteiger partial charge in [0.15, 0.2) is 0 Å². The van der Waals surface area contributed by atoms with E-state index in [0.29, 0.717) is 13.1 Å². The maximum Gasteiger partial charge on any atom is 0.321 e. The van der Waals surface area contributed by atoms with Gasteiger partial charge in [-0.05, 0) is 49.4 Å². The van der Waals surface area contributed by atoms with E-state index in [1.165, 1.54) is 0 Å². The van der Waals surface area contributed by atoms with Crippen LogP contribution in [0.25, 0.3) is 0 Å². The Morgan fingerprint density at radius 3 is 2.58 bits per heavy atom. The average molecular weight is 369 g/mol.